The maximum absolute atomic E-state index is 12.2. The van der Waals surface area contributed by atoms with E-state index in [2.05, 4.69) is 64.4 Å². The summed E-state index contributed by atoms with van der Waals surface area (Å²) in [7, 11) is 0. The van der Waals surface area contributed by atoms with Crippen molar-refractivity contribution in [3.8, 4) is 11.3 Å². The van der Waals surface area contributed by atoms with E-state index in [9.17, 15) is 9.90 Å². The number of nitrogens with zero attached hydrogens (tertiary/aromatic N) is 2. The number of aliphatic hydroxyl groups is 1. The summed E-state index contributed by atoms with van der Waals surface area (Å²) < 4.78 is 12.5. The second kappa shape index (κ2) is 17.3. The van der Waals surface area contributed by atoms with Crippen LogP contribution in [0.5, 0.6) is 0 Å². The summed E-state index contributed by atoms with van der Waals surface area (Å²) in [4.78, 5) is 22.5. The molecule has 0 saturated carbocycles. The molecule has 5 aromatic rings. The Morgan fingerprint density at radius 1 is 0.981 bits per heavy atom. The van der Waals surface area contributed by atoms with Crippen molar-refractivity contribution in [3.05, 3.63) is 77.4 Å². The second-order valence-electron chi connectivity index (χ2n) is 15.6. The number of benzene rings is 2. The molecule has 0 amide bonds. The molecular weight excluding hydrogens is 845 g/mol. The van der Waals surface area contributed by atoms with Crippen LogP contribution in [0.1, 0.15) is 119 Å². The van der Waals surface area contributed by atoms with Gasteiger partial charge in [0, 0.05) is 59.0 Å². The zero-order valence-electron chi connectivity index (χ0n) is 33.2. The normalized spacial score (nSPS) is 12.7. The number of carbonyl (C=O) groups is 1. The van der Waals surface area contributed by atoms with E-state index in [4.69, 9.17) is 13.8 Å². The van der Waals surface area contributed by atoms with Gasteiger partial charge in [-0.05, 0) is 67.9 Å². The van der Waals surface area contributed by atoms with E-state index in [1.807, 2.05) is 66.0 Å². The zero-order chi connectivity index (χ0) is 37.9. The molecule has 0 saturated heterocycles. The average Bonchev–Trinajstić information content (AvgIpc) is 3.63. The summed E-state index contributed by atoms with van der Waals surface area (Å²) in [5.41, 5.74) is 5.80. The number of furan rings is 2. The van der Waals surface area contributed by atoms with Gasteiger partial charge in [-0.25, -0.2) is 4.98 Å². The summed E-state index contributed by atoms with van der Waals surface area (Å²) in [6.07, 6.45) is 7.26. The number of thioether (sulfide) groups is 1. The van der Waals surface area contributed by atoms with Crippen LogP contribution in [0.2, 0.25) is 0 Å². The van der Waals surface area contributed by atoms with Gasteiger partial charge < -0.3 is 13.9 Å². The summed E-state index contributed by atoms with van der Waals surface area (Å²) in [5, 5.41) is 14.9. The van der Waals surface area contributed by atoms with Crippen LogP contribution in [0.3, 0.4) is 0 Å². The van der Waals surface area contributed by atoms with Crippen molar-refractivity contribution in [1.82, 2.24) is 9.97 Å². The van der Waals surface area contributed by atoms with Gasteiger partial charge in [0.25, 0.3) is 0 Å². The molecule has 1 radical (unpaired) electrons. The maximum atomic E-state index is 12.2. The number of aryl methyl sites for hydroxylation is 1. The van der Waals surface area contributed by atoms with Crippen LogP contribution in [0.25, 0.3) is 44.3 Å². The van der Waals surface area contributed by atoms with E-state index in [0.717, 1.165) is 81.3 Å². The number of aromatic nitrogens is 2. The number of rotatable bonds is 12. The van der Waals surface area contributed by atoms with Crippen LogP contribution in [0.4, 0.5) is 0 Å². The summed E-state index contributed by atoms with van der Waals surface area (Å²) in [5.74, 6) is 1.74. The Morgan fingerprint density at radius 3 is 2.17 bits per heavy atom. The van der Waals surface area contributed by atoms with E-state index < -0.39 is 0 Å². The van der Waals surface area contributed by atoms with Crippen molar-refractivity contribution in [2.24, 2.45) is 16.7 Å². The molecule has 0 spiro atoms. The SMILES string of the molecule is C=CSc1c[c-]c(-c2ncnc3oc4c(ccc5oc(C)c(CC(C)C)c54)c23)cc1C(C)(C)C.CCC(C)(CC)C(=O)/C=C(\O)C(C)(CC)CC.[Ir]. The van der Waals surface area contributed by atoms with Gasteiger partial charge in [0.15, 0.2) is 5.78 Å². The molecule has 283 valence electrons. The largest absolute Gasteiger partial charge is 0.512 e. The standard InChI is InChI=1S/C29H29N2O2S.C15H28O2.Ir/c1-8-34-23-12-9-18(14-21(23)29(5,6)7)26-25-19-10-11-22-24(20(13-16(2)3)17(4)32-22)27(19)33-28(25)31-15-30-26;1-7-14(5,8-2)12(16)11-13(17)15(6,9-3)10-4;/h8,10-12,14-16H,1,13H2,2-7H3;11,16H,7-10H2,1-6H3;/q-1;;/b;12-11-;. The fraction of sp³-hybridized carbons (Fsp3) is 0.477. The minimum Gasteiger partial charge on any atom is -0.512 e. The summed E-state index contributed by atoms with van der Waals surface area (Å²) >= 11 is 1.62. The zero-order valence-corrected chi connectivity index (χ0v) is 36.4. The van der Waals surface area contributed by atoms with Crippen molar-refractivity contribution in [1.29, 1.82) is 0 Å². The Balaban J connectivity index is 0.000000347. The van der Waals surface area contributed by atoms with Gasteiger partial charge in [-0.15, -0.1) is 29.3 Å². The predicted octanol–water partition coefficient (Wildman–Crippen LogP) is 13.3. The Bertz CT molecular complexity index is 2060. The molecule has 1 N–H and O–H groups in total. The van der Waals surface area contributed by atoms with Gasteiger partial charge in [0.2, 0.25) is 5.71 Å². The molecule has 0 aliphatic heterocycles. The molecule has 0 fully saturated rings. The first kappa shape index (κ1) is 43.2. The van der Waals surface area contributed by atoms with E-state index in [1.54, 1.807) is 18.1 Å². The first-order valence-corrected chi connectivity index (χ1v) is 19.2. The van der Waals surface area contributed by atoms with Crippen molar-refractivity contribution >= 4 is 50.6 Å². The van der Waals surface area contributed by atoms with Crippen molar-refractivity contribution in [2.75, 3.05) is 0 Å². The third kappa shape index (κ3) is 8.77. The molecule has 0 aliphatic rings. The first-order chi connectivity index (χ1) is 24.0. The molecule has 52 heavy (non-hydrogen) atoms. The van der Waals surface area contributed by atoms with Crippen molar-refractivity contribution in [3.63, 3.8) is 0 Å². The van der Waals surface area contributed by atoms with Crippen LogP contribution in [0.15, 0.2) is 68.1 Å². The smallest absolute Gasteiger partial charge is 0.221 e. The fourth-order valence-electron chi connectivity index (χ4n) is 6.36. The summed E-state index contributed by atoms with van der Waals surface area (Å²) in [6.45, 7) is 29.1. The average molecular weight is 902 g/mol. The molecule has 5 rings (SSSR count). The minimum absolute atomic E-state index is 0. The second-order valence-corrected chi connectivity index (χ2v) is 16.7. The number of carbonyl (C=O) groups excluding carboxylic acids is 1. The van der Waals surface area contributed by atoms with Crippen LogP contribution in [0, 0.1) is 29.7 Å². The molecule has 0 bridgehead atoms. The van der Waals surface area contributed by atoms with Gasteiger partial charge in [-0.3, -0.25) is 9.78 Å². The number of hydrogen-bond donors (Lipinski definition) is 1. The Morgan fingerprint density at radius 2 is 1.62 bits per heavy atom. The fourth-order valence-corrected chi connectivity index (χ4v) is 7.16. The van der Waals surface area contributed by atoms with Crippen LogP contribution in [-0.2, 0) is 36.7 Å². The Hall–Kier alpha value is -3.19. The van der Waals surface area contributed by atoms with Crippen LogP contribution >= 0.6 is 11.8 Å². The molecule has 0 atom stereocenters. The quantitative estimate of drug-likeness (QED) is 0.0577. The van der Waals surface area contributed by atoms with Gasteiger partial charge >= 0.3 is 0 Å². The molecule has 0 aliphatic carbocycles. The third-order valence-electron chi connectivity index (χ3n) is 10.8. The molecule has 0 unspecified atom stereocenters. The topological polar surface area (TPSA) is 89.4 Å². The van der Waals surface area contributed by atoms with Gasteiger partial charge in [0.1, 0.15) is 29.0 Å². The molecule has 3 aromatic heterocycles. The monoisotopic (exact) mass is 902 g/mol. The third-order valence-corrected chi connectivity index (χ3v) is 11.5. The molecular formula is C44H57IrN2O4S-. The van der Waals surface area contributed by atoms with Gasteiger partial charge in [-0.2, -0.15) is 11.8 Å². The molecule has 3 heterocycles. The van der Waals surface area contributed by atoms with Crippen LogP contribution < -0.4 is 0 Å². The number of ketones is 1. The first-order valence-electron chi connectivity index (χ1n) is 18.4. The van der Waals surface area contributed by atoms with Gasteiger partial charge in [0.05, 0.1) is 5.39 Å². The number of fused-ring (bicyclic) bond motifs is 5. The Kier molecular flexibility index (Phi) is 14.4. The number of allylic oxidation sites excluding steroid dienone is 2. The number of hydrogen-bond acceptors (Lipinski definition) is 7. The van der Waals surface area contributed by atoms with E-state index in [-0.39, 0.29) is 47.9 Å². The maximum Gasteiger partial charge on any atom is 0.221 e. The molecule has 2 aromatic carbocycles. The van der Waals surface area contributed by atoms with Crippen molar-refractivity contribution in [2.45, 2.75) is 125 Å². The van der Waals surface area contributed by atoms with E-state index in [1.165, 1.54) is 17.2 Å². The van der Waals surface area contributed by atoms with E-state index >= 15 is 0 Å². The van der Waals surface area contributed by atoms with Crippen molar-refractivity contribution < 1.29 is 38.8 Å². The van der Waals surface area contributed by atoms with E-state index in [0.29, 0.717) is 11.6 Å². The number of aliphatic hydroxyl groups excluding tert-OH is 1. The molecule has 8 heteroatoms. The summed E-state index contributed by atoms with van der Waals surface area (Å²) in [6, 6.07) is 11.8. The van der Waals surface area contributed by atoms with Gasteiger partial charge in [-0.1, -0.05) is 87.6 Å². The molecule has 6 nitrogen and oxygen atoms in total. The van der Waals surface area contributed by atoms with Crippen LogP contribution in [-0.4, -0.2) is 20.9 Å². The predicted molar refractivity (Wildman–Crippen MR) is 214 cm³/mol. The minimum atomic E-state index is -0.337. The Labute approximate surface area is 328 Å².